The van der Waals surface area contributed by atoms with E-state index in [1.807, 2.05) is 0 Å². The molecular weight excluding hydrogens is 377 g/mol. The van der Waals surface area contributed by atoms with Crippen molar-refractivity contribution >= 4 is 34.9 Å². The zero-order chi connectivity index (χ0) is 18.7. The maximum Gasteiger partial charge on any atom is 0.255 e. The number of aliphatic hydroxyl groups is 1. The number of halogens is 2. The van der Waals surface area contributed by atoms with Gasteiger partial charge in [-0.1, -0.05) is 29.3 Å². The van der Waals surface area contributed by atoms with E-state index in [2.05, 4.69) is 4.98 Å². The third-order valence-electron chi connectivity index (χ3n) is 4.31. The smallest absolute Gasteiger partial charge is 0.255 e. The van der Waals surface area contributed by atoms with Crippen LogP contribution in [0, 0.1) is 0 Å². The Balaban J connectivity index is 1.74. The number of ether oxygens (including phenoxy) is 1. The highest BCUT2D eigenvalue weighted by Gasteiger charge is 2.23. The molecule has 1 aromatic carbocycles. The highest BCUT2D eigenvalue weighted by molar-refractivity contribution is 6.35. The Morgan fingerprint density at radius 1 is 1.31 bits per heavy atom. The largest absolute Gasteiger partial charge is 0.485 e. The molecule has 1 fully saturated rings. The minimum atomic E-state index is -0.345. The Morgan fingerprint density at radius 2 is 1.96 bits per heavy atom. The van der Waals surface area contributed by atoms with Gasteiger partial charge in [-0.05, 0) is 31.0 Å². The number of hydrogen-bond donors (Lipinski definition) is 2. The SMILES string of the molecule is Nc1ncc(C(=O)N2CCC(O)CC2)cc1OCc1c(Cl)cccc1Cl. The van der Waals surface area contributed by atoms with Gasteiger partial charge in [0, 0.05) is 34.9 Å². The van der Waals surface area contributed by atoms with Crippen LogP contribution in [0.1, 0.15) is 28.8 Å². The van der Waals surface area contributed by atoms with Gasteiger partial charge in [-0.15, -0.1) is 0 Å². The summed E-state index contributed by atoms with van der Waals surface area (Å²) in [7, 11) is 0. The number of aliphatic hydroxyl groups excluding tert-OH is 1. The van der Waals surface area contributed by atoms with Crippen LogP contribution in [0.5, 0.6) is 5.75 Å². The Bertz CT molecular complexity index is 788. The average molecular weight is 396 g/mol. The van der Waals surface area contributed by atoms with Crippen LogP contribution in [0.25, 0.3) is 0 Å². The van der Waals surface area contributed by atoms with E-state index in [4.69, 9.17) is 33.7 Å². The number of nitrogens with two attached hydrogens (primary N) is 1. The minimum Gasteiger partial charge on any atom is -0.485 e. The number of carbonyl (C=O) groups is 1. The maximum absolute atomic E-state index is 12.6. The predicted octanol–water partition coefficient (Wildman–Crippen LogP) is 3.15. The van der Waals surface area contributed by atoms with Gasteiger partial charge in [-0.2, -0.15) is 0 Å². The first kappa shape index (κ1) is 18.8. The molecule has 3 rings (SSSR count). The van der Waals surface area contributed by atoms with Gasteiger partial charge in [0.2, 0.25) is 0 Å². The lowest BCUT2D eigenvalue weighted by molar-refractivity contribution is 0.0546. The van der Waals surface area contributed by atoms with Gasteiger partial charge in [0.15, 0.2) is 11.6 Å². The summed E-state index contributed by atoms with van der Waals surface area (Å²) >= 11 is 12.3. The zero-order valence-corrected chi connectivity index (χ0v) is 15.5. The number of carbonyl (C=O) groups excluding carboxylic acids is 1. The quantitative estimate of drug-likeness (QED) is 0.829. The first-order valence-electron chi connectivity index (χ1n) is 8.24. The fourth-order valence-corrected chi connectivity index (χ4v) is 3.27. The number of pyridine rings is 1. The number of anilines is 1. The van der Waals surface area contributed by atoms with Crippen molar-refractivity contribution in [2.45, 2.75) is 25.6 Å². The second-order valence-electron chi connectivity index (χ2n) is 6.12. The van der Waals surface area contributed by atoms with E-state index < -0.39 is 0 Å². The lowest BCUT2D eigenvalue weighted by Crippen LogP contribution is -2.40. The third-order valence-corrected chi connectivity index (χ3v) is 5.02. The van der Waals surface area contributed by atoms with Crippen LogP contribution in [0.4, 0.5) is 5.82 Å². The van der Waals surface area contributed by atoms with Crippen LogP contribution >= 0.6 is 23.2 Å². The number of nitrogen functional groups attached to an aromatic ring is 1. The number of hydrogen-bond acceptors (Lipinski definition) is 5. The van der Waals surface area contributed by atoms with E-state index >= 15 is 0 Å². The molecule has 2 heterocycles. The van der Waals surface area contributed by atoms with E-state index in [9.17, 15) is 9.90 Å². The summed E-state index contributed by atoms with van der Waals surface area (Å²) in [5.41, 5.74) is 6.89. The van der Waals surface area contributed by atoms with E-state index in [0.29, 0.717) is 52.9 Å². The van der Waals surface area contributed by atoms with Crippen molar-refractivity contribution in [1.82, 2.24) is 9.88 Å². The number of nitrogens with zero attached hydrogens (tertiary/aromatic N) is 2. The molecule has 0 aliphatic carbocycles. The molecule has 1 saturated heterocycles. The molecule has 0 spiro atoms. The molecule has 26 heavy (non-hydrogen) atoms. The van der Waals surface area contributed by atoms with Gasteiger partial charge in [0.1, 0.15) is 6.61 Å². The third kappa shape index (κ3) is 4.20. The normalized spacial score (nSPS) is 15.1. The summed E-state index contributed by atoms with van der Waals surface area (Å²) < 4.78 is 5.71. The number of likely N-dealkylation sites (tertiary alicyclic amines) is 1. The molecule has 1 aromatic heterocycles. The van der Waals surface area contributed by atoms with Gasteiger partial charge in [0.25, 0.3) is 5.91 Å². The number of amides is 1. The van der Waals surface area contributed by atoms with E-state index in [1.54, 1.807) is 29.2 Å². The maximum atomic E-state index is 12.6. The van der Waals surface area contributed by atoms with Gasteiger partial charge in [-0.3, -0.25) is 4.79 Å². The predicted molar refractivity (Wildman–Crippen MR) is 101 cm³/mol. The van der Waals surface area contributed by atoms with Gasteiger partial charge < -0.3 is 20.5 Å². The van der Waals surface area contributed by atoms with Gasteiger partial charge in [0.05, 0.1) is 11.7 Å². The fraction of sp³-hybridized carbons (Fsp3) is 0.333. The molecule has 138 valence electrons. The fourth-order valence-electron chi connectivity index (χ4n) is 2.76. The van der Waals surface area contributed by atoms with Crippen LogP contribution in [0.3, 0.4) is 0 Å². The molecule has 0 radical (unpaired) electrons. The molecule has 0 saturated carbocycles. The molecule has 8 heteroatoms. The number of piperidine rings is 1. The van der Waals surface area contributed by atoms with Crippen LogP contribution < -0.4 is 10.5 Å². The van der Waals surface area contributed by atoms with Crippen molar-refractivity contribution in [1.29, 1.82) is 0 Å². The zero-order valence-electron chi connectivity index (χ0n) is 14.0. The molecule has 0 unspecified atom stereocenters. The van der Waals surface area contributed by atoms with Crippen molar-refractivity contribution in [3.63, 3.8) is 0 Å². The summed E-state index contributed by atoms with van der Waals surface area (Å²) in [6.45, 7) is 1.13. The molecule has 1 aliphatic heterocycles. The van der Waals surface area contributed by atoms with Crippen LogP contribution in [-0.2, 0) is 6.61 Å². The van der Waals surface area contributed by atoms with Crippen molar-refractivity contribution < 1.29 is 14.6 Å². The van der Waals surface area contributed by atoms with Crippen molar-refractivity contribution in [2.75, 3.05) is 18.8 Å². The average Bonchev–Trinajstić information content (AvgIpc) is 2.63. The summed E-state index contributed by atoms with van der Waals surface area (Å²) in [5, 5.41) is 10.6. The summed E-state index contributed by atoms with van der Waals surface area (Å²) in [4.78, 5) is 18.4. The molecular formula is C18H19Cl2N3O3. The van der Waals surface area contributed by atoms with E-state index in [0.717, 1.165) is 0 Å². The number of aromatic nitrogens is 1. The first-order chi connectivity index (χ1) is 12.5. The summed E-state index contributed by atoms with van der Waals surface area (Å²) in [5.74, 6) is 0.313. The lowest BCUT2D eigenvalue weighted by atomic mass is 10.1. The van der Waals surface area contributed by atoms with Gasteiger partial charge in [-0.25, -0.2) is 4.98 Å². The Hall–Kier alpha value is -2.02. The molecule has 1 amide bonds. The molecule has 3 N–H and O–H groups in total. The van der Waals surface area contributed by atoms with E-state index in [-0.39, 0.29) is 24.4 Å². The second-order valence-corrected chi connectivity index (χ2v) is 6.93. The van der Waals surface area contributed by atoms with Crippen molar-refractivity contribution in [2.24, 2.45) is 0 Å². The molecule has 0 atom stereocenters. The highest BCUT2D eigenvalue weighted by atomic mass is 35.5. The molecule has 2 aromatic rings. The Kier molecular flexibility index (Phi) is 5.86. The van der Waals surface area contributed by atoms with Crippen LogP contribution in [0.15, 0.2) is 30.5 Å². The Labute approximate surface area is 161 Å². The lowest BCUT2D eigenvalue weighted by Gasteiger charge is -2.29. The summed E-state index contributed by atoms with van der Waals surface area (Å²) in [6, 6.07) is 6.76. The van der Waals surface area contributed by atoms with Crippen molar-refractivity contribution in [3.8, 4) is 5.75 Å². The molecule has 1 aliphatic rings. The number of rotatable bonds is 4. The van der Waals surface area contributed by atoms with Gasteiger partial charge >= 0.3 is 0 Å². The molecule has 0 bridgehead atoms. The van der Waals surface area contributed by atoms with Crippen LogP contribution in [0.2, 0.25) is 10.0 Å². The minimum absolute atomic E-state index is 0.109. The number of benzene rings is 1. The van der Waals surface area contributed by atoms with Crippen molar-refractivity contribution in [3.05, 3.63) is 51.6 Å². The highest BCUT2D eigenvalue weighted by Crippen LogP contribution is 2.28. The van der Waals surface area contributed by atoms with Crippen LogP contribution in [-0.4, -0.2) is 40.1 Å². The summed E-state index contributed by atoms with van der Waals surface area (Å²) in [6.07, 6.45) is 2.23. The monoisotopic (exact) mass is 395 g/mol. The first-order valence-corrected chi connectivity index (χ1v) is 9.00. The molecule has 6 nitrogen and oxygen atoms in total. The second kappa shape index (κ2) is 8.12. The Morgan fingerprint density at radius 3 is 2.62 bits per heavy atom. The standard InChI is InChI=1S/C18H19Cl2N3O3/c19-14-2-1-3-15(20)13(14)10-26-16-8-11(9-22-17(16)21)18(25)23-6-4-12(24)5-7-23/h1-3,8-9,12,24H,4-7,10H2,(H2,21,22). The topological polar surface area (TPSA) is 88.7 Å². The van der Waals surface area contributed by atoms with E-state index in [1.165, 1.54) is 6.20 Å².